The minimum atomic E-state index is -0.113. The number of pyridine rings is 1. The van der Waals surface area contributed by atoms with E-state index < -0.39 is 0 Å². The first-order valence-electron chi connectivity index (χ1n) is 6.18. The molecule has 100 valence electrons. The zero-order valence-electron chi connectivity index (χ0n) is 10.8. The maximum atomic E-state index is 12.0. The van der Waals surface area contributed by atoms with Crippen LogP contribution in [0.25, 0.3) is 0 Å². The van der Waals surface area contributed by atoms with Gasteiger partial charge in [0.1, 0.15) is 0 Å². The largest absolute Gasteiger partial charge is 0.387 e. The molecule has 19 heavy (non-hydrogen) atoms. The Hall–Kier alpha value is -2.37. The Labute approximate surface area is 111 Å². The summed E-state index contributed by atoms with van der Waals surface area (Å²) in [5.41, 5.74) is 1.34. The lowest BCUT2D eigenvalue weighted by Gasteiger charge is -2.09. The number of amides is 1. The number of nitrogens with zero attached hydrogens (tertiary/aromatic N) is 3. The lowest BCUT2D eigenvalue weighted by molar-refractivity contribution is 0.0953. The van der Waals surface area contributed by atoms with Gasteiger partial charge in [-0.25, -0.2) is 0 Å². The Kier molecular flexibility index (Phi) is 4.49. The van der Waals surface area contributed by atoms with Crippen molar-refractivity contribution in [1.29, 1.82) is 0 Å². The Morgan fingerprint density at radius 1 is 1.42 bits per heavy atom. The van der Waals surface area contributed by atoms with E-state index in [1.54, 1.807) is 31.7 Å². The molecule has 2 N–H and O–H groups in total. The molecule has 0 aliphatic heterocycles. The highest BCUT2D eigenvalue weighted by atomic mass is 16.1. The number of hydrogen-bond donors (Lipinski definition) is 2. The first-order chi connectivity index (χ1) is 9.31. The monoisotopic (exact) mass is 259 g/mol. The van der Waals surface area contributed by atoms with Crippen LogP contribution >= 0.6 is 0 Å². The van der Waals surface area contributed by atoms with E-state index >= 15 is 0 Å². The van der Waals surface area contributed by atoms with Crippen molar-refractivity contribution in [1.82, 2.24) is 20.1 Å². The van der Waals surface area contributed by atoms with Crippen molar-refractivity contribution in [3.05, 3.63) is 42.5 Å². The zero-order chi connectivity index (χ0) is 13.5. The van der Waals surface area contributed by atoms with Gasteiger partial charge < -0.3 is 10.6 Å². The van der Waals surface area contributed by atoms with Crippen LogP contribution in [-0.2, 0) is 6.54 Å². The van der Waals surface area contributed by atoms with Gasteiger partial charge in [0.2, 0.25) is 0 Å². The summed E-state index contributed by atoms with van der Waals surface area (Å²) < 4.78 is 1.84. The molecule has 2 aromatic rings. The third kappa shape index (κ3) is 3.54. The Morgan fingerprint density at radius 2 is 2.32 bits per heavy atom. The molecule has 6 heteroatoms. The summed E-state index contributed by atoms with van der Waals surface area (Å²) in [4.78, 5) is 15.9. The van der Waals surface area contributed by atoms with Gasteiger partial charge in [0.15, 0.2) is 0 Å². The molecule has 0 saturated heterocycles. The molecule has 0 aromatic carbocycles. The van der Waals surface area contributed by atoms with Gasteiger partial charge >= 0.3 is 0 Å². The van der Waals surface area contributed by atoms with Gasteiger partial charge in [0.25, 0.3) is 5.91 Å². The van der Waals surface area contributed by atoms with Crippen LogP contribution in [0.4, 0.5) is 5.69 Å². The molecule has 0 unspecified atom stereocenters. The molecule has 6 nitrogen and oxygen atoms in total. The van der Waals surface area contributed by atoms with Gasteiger partial charge in [0.05, 0.1) is 5.56 Å². The van der Waals surface area contributed by atoms with Crippen molar-refractivity contribution in [2.45, 2.75) is 13.0 Å². The molecule has 0 aliphatic rings. The molecule has 2 aromatic heterocycles. The van der Waals surface area contributed by atoms with Gasteiger partial charge in [-0.05, 0) is 18.6 Å². The van der Waals surface area contributed by atoms with Crippen molar-refractivity contribution >= 4 is 11.6 Å². The summed E-state index contributed by atoms with van der Waals surface area (Å²) in [5.74, 6) is -0.113. The normalized spacial score (nSPS) is 10.2. The van der Waals surface area contributed by atoms with Gasteiger partial charge in [0, 0.05) is 50.6 Å². The van der Waals surface area contributed by atoms with E-state index in [-0.39, 0.29) is 5.91 Å². The molecule has 0 radical (unpaired) electrons. The smallest absolute Gasteiger partial charge is 0.254 e. The summed E-state index contributed by atoms with van der Waals surface area (Å²) in [6, 6.07) is 3.66. The molecular formula is C13H17N5O. The minimum Gasteiger partial charge on any atom is -0.387 e. The molecule has 0 fully saturated rings. The number of aryl methyl sites for hydroxylation is 1. The average Bonchev–Trinajstić information content (AvgIpc) is 2.96. The summed E-state index contributed by atoms with van der Waals surface area (Å²) >= 11 is 0. The van der Waals surface area contributed by atoms with Crippen molar-refractivity contribution in [2.75, 3.05) is 18.9 Å². The fourth-order valence-electron chi connectivity index (χ4n) is 1.76. The van der Waals surface area contributed by atoms with Crippen molar-refractivity contribution < 1.29 is 4.79 Å². The predicted molar refractivity (Wildman–Crippen MR) is 73.0 cm³/mol. The van der Waals surface area contributed by atoms with E-state index in [0.717, 1.165) is 18.7 Å². The average molecular weight is 259 g/mol. The zero-order valence-corrected chi connectivity index (χ0v) is 10.8. The van der Waals surface area contributed by atoms with Crippen molar-refractivity contribution in [3.63, 3.8) is 0 Å². The first-order valence-corrected chi connectivity index (χ1v) is 6.18. The predicted octanol–water partition coefficient (Wildman–Crippen LogP) is 1.14. The van der Waals surface area contributed by atoms with E-state index in [1.807, 2.05) is 16.9 Å². The second-order valence-electron chi connectivity index (χ2n) is 4.05. The lowest BCUT2D eigenvalue weighted by atomic mass is 10.2. The summed E-state index contributed by atoms with van der Waals surface area (Å²) in [7, 11) is 1.78. The molecule has 1 amide bonds. The summed E-state index contributed by atoms with van der Waals surface area (Å²) in [6.07, 6.45) is 7.70. The molecular weight excluding hydrogens is 242 g/mol. The van der Waals surface area contributed by atoms with Crippen LogP contribution in [0.1, 0.15) is 16.8 Å². The number of carbonyl (C=O) groups excluding carboxylic acids is 1. The fraction of sp³-hybridized carbons (Fsp3) is 0.308. The standard InChI is InChI=1S/C13H17N5O/c1-14-12-4-7-15-10-11(12)13(19)16-5-2-8-18-9-3-6-17-18/h3-4,6-7,9-10H,2,5,8H2,1H3,(H,14,15)(H,16,19). The van der Waals surface area contributed by atoms with Crippen LogP contribution in [0.15, 0.2) is 36.9 Å². The fourth-order valence-corrected chi connectivity index (χ4v) is 1.76. The van der Waals surface area contributed by atoms with Gasteiger partial charge in [-0.2, -0.15) is 5.10 Å². The minimum absolute atomic E-state index is 0.113. The SMILES string of the molecule is CNc1ccncc1C(=O)NCCCn1cccn1. The number of aromatic nitrogens is 3. The van der Waals surface area contributed by atoms with E-state index in [9.17, 15) is 4.79 Å². The molecule has 0 saturated carbocycles. The maximum Gasteiger partial charge on any atom is 0.254 e. The van der Waals surface area contributed by atoms with Crippen LogP contribution in [0.5, 0.6) is 0 Å². The van der Waals surface area contributed by atoms with Gasteiger partial charge in [-0.15, -0.1) is 0 Å². The van der Waals surface area contributed by atoms with Crippen LogP contribution in [0, 0.1) is 0 Å². The van der Waals surface area contributed by atoms with Crippen molar-refractivity contribution in [3.8, 4) is 0 Å². The number of anilines is 1. The molecule has 0 spiro atoms. The van der Waals surface area contributed by atoms with Crippen LogP contribution in [0.2, 0.25) is 0 Å². The Bertz CT molecular complexity index is 524. The van der Waals surface area contributed by atoms with E-state index in [1.165, 1.54) is 0 Å². The molecule has 0 atom stereocenters. The quantitative estimate of drug-likeness (QED) is 0.763. The van der Waals surface area contributed by atoms with E-state index in [0.29, 0.717) is 12.1 Å². The third-order valence-electron chi connectivity index (χ3n) is 2.74. The lowest BCUT2D eigenvalue weighted by Crippen LogP contribution is -2.26. The second kappa shape index (κ2) is 6.53. The third-order valence-corrected chi connectivity index (χ3v) is 2.74. The highest BCUT2D eigenvalue weighted by molar-refractivity contribution is 5.99. The van der Waals surface area contributed by atoms with Gasteiger partial charge in [-0.3, -0.25) is 14.5 Å². The number of carbonyl (C=O) groups is 1. The Morgan fingerprint density at radius 3 is 3.05 bits per heavy atom. The molecule has 0 bridgehead atoms. The number of hydrogen-bond acceptors (Lipinski definition) is 4. The van der Waals surface area contributed by atoms with Crippen LogP contribution in [-0.4, -0.2) is 34.3 Å². The molecule has 2 rings (SSSR count). The molecule has 0 aliphatic carbocycles. The second-order valence-corrected chi connectivity index (χ2v) is 4.05. The van der Waals surface area contributed by atoms with Gasteiger partial charge in [-0.1, -0.05) is 0 Å². The maximum absolute atomic E-state index is 12.0. The van der Waals surface area contributed by atoms with E-state index in [4.69, 9.17) is 0 Å². The highest BCUT2D eigenvalue weighted by Gasteiger charge is 2.09. The summed E-state index contributed by atoms with van der Waals surface area (Å²) in [5, 5.41) is 9.95. The van der Waals surface area contributed by atoms with Crippen LogP contribution in [0.3, 0.4) is 0 Å². The number of rotatable bonds is 6. The molecule has 2 heterocycles. The summed E-state index contributed by atoms with van der Waals surface area (Å²) in [6.45, 7) is 1.40. The topological polar surface area (TPSA) is 71.8 Å². The van der Waals surface area contributed by atoms with Crippen molar-refractivity contribution in [2.24, 2.45) is 0 Å². The van der Waals surface area contributed by atoms with E-state index in [2.05, 4.69) is 20.7 Å². The Balaban J connectivity index is 1.81. The number of nitrogens with one attached hydrogen (secondary N) is 2. The van der Waals surface area contributed by atoms with Crippen LogP contribution < -0.4 is 10.6 Å². The highest BCUT2D eigenvalue weighted by Crippen LogP contribution is 2.11. The first kappa shape index (κ1) is 13.1.